The van der Waals surface area contributed by atoms with Crippen LogP contribution >= 0.6 is 23.2 Å². The largest absolute Gasteiger partial charge is 0.344 e. The second-order valence-corrected chi connectivity index (χ2v) is 11.3. The molecule has 0 aromatic carbocycles. The van der Waals surface area contributed by atoms with Crippen molar-refractivity contribution >= 4 is 23.2 Å². The van der Waals surface area contributed by atoms with Crippen LogP contribution in [0.4, 0.5) is 0 Å². The highest BCUT2D eigenvalue weighted by Crippen LogP contribution is 2.20. The van der Waals surface area contributed by atoms with E-state index in [9.17, 15) is 0 Å². The monoisotopic (exact) mass is 506 g/mol. The predicted octanol–water partition coefficient (Wildman–Crippen LogP) is 12.3. The molecule has 0 saturated carbocycles. The summed E-state index contributed by atoms with van der Waals surface area (Å²) < 4.78 is 5.78. The van der Waals surface area contributed by atoms with Crippen molar-refractivity contribution in [2.45, 2.75) is 192 Å². The van der Waals surface area contributed by atoms with Crippen molar-refractivity contribution in [1.29, 1.82) is 0 Å². The molecule has 0 fully saturated rings. The predicted molar refractivity (Wildman–Crippen MR) is 152 cm³/mol. The first-order valence-corrected chi connectivity index (χ1v) is 16.0. The van der Waals surface area contributed by atoms with Gasteiger partial charge in [-0.25, -0.2) is 0 Å². The minimum Gasteiger partial charge on any atom is -0.344 e. The van der Waals surface area contributed by atoms with Gasteiger partial charge in [-0.15, -0.1) is 0 Å². The Labute approximate surface area is 219 Å². The van der Waals surface area contributed by atoms with Crippen molar-refractivity contribution in [2.24, 2.45) is 0 Å². The Morgan fingerprint density at radius 3 is 0.818 bits per heavy atom. The number of hydrogen-bond donors (Lipinski definition) is 0. The molecule has 0 saturated heterocycles. The first kappa shape index (κ1) is 33.5. The lowest BCUT2D eigenvalue weighted by Gasteiger charge is -2.16. The zero-order valence-corrected chi connectivity index (χ0v) is 24.2. The summed E-state index contributed by atoms with van der Waals surface area (Å²) in [7, 11) is 0. The van der Waals surface area contributed by atoms with Crippen LogP contribution in [0.1, 0.15) is 181 Å². The fourth-order valence-corrected chi connectivity index (χ4v) is 5.20. The lowest BCUT2D eigenvalue weighted by molar-refractivity contribution is 0.0690. The minimum absolute atomic E-state index is 0.215. The fraction of sp³-hybridized carbons (Fsp3) is 1.00. The van der Waals surface area contributed by atoms with Crippen LogP contribution < -0.4 is 0 Å². The van der Waals surface area contributed by atoms with Gasteiger partial charge in [-0.1, -0.05) is 178 Å². The highest BCUT2D eigenvalue weighted by Gasteiger charge is 2.11. The molecular weight excluding hydrogens is 447 g/mol. The SMILES string of the molecule is CCCCCCCCCCCCCCC(Cl)OC(Cl)CCCCCCCCCCCCCC. The molecule has 3 heteroatoms. The van der Waals surface area contributed by atoms with E-state index in [1.165, 1.54) is 141 Å². The van der Waals surface area contributed by atoms with E-state index in [1.54, 1.807) is 0 Å². The standard InChI is InChI=1S/C30H60Cl2O/c1-3-5-7-9-11-13-15-17-19-21-23-25-27-29(31)33-30(32)28-26-24-22-20-18-16-14-12-10-8-6-4-2/h29-30H,3-28H2,1-2H3. The molecule has 0 N–H and O–H groups in total. The van der Waals surface area contributed by atoms with Gasteiger partial charge < -0.3 is 4.74 Å². The van der Waals surface area contributed by atoms with Crippen LogP contribution in [0.2, 0.25) is 0 Å². The van der Waals surface area contributed by atoms with Crippen molar-refractivity contribution < 1.29 is 4.74 Å². The molecule has 200 valence electrons. The third-order valence-electron chi connectivity index (χ3n) is 6.86. The van der Waals surface area contributed by atoms with Crippen molar-refractivity contribution in [2.75, 3.05) is 0 Å². The summed E-state index contributed by atoms with van der Waals surface area (Å²) in [6.45, 7) is 4.57. The molecular formula is C30H60Cl2O. The van der Waals surface area contributed by atoms with Crippen molar-refractivity contribution in [1.82, 2.24) is 0 Å². The quantitative estimate of drug-likeness (QED) is 0.0755. The molecule has 1 nitrogen and oxygen atoms in total. The molecule has 0 amide bonds. The molecule has 33 heavy (non-hydrogen) atoms. The number of alkyl halides is 2. The van der Waals surface area contributed by atoms with Gasteiger partial charge in [0.15, 0.2) is 0 Å². The van der Waals surface area contributed by atoms with Gasteiger partial charge in [-0.3, -0.25) is 0 Å². The van der Waals surface area contributed by atoms with Gasteiger partial charge in [0.2, 0.25) is 0 Å². The Hall–Kier alpha value is 0.540. The van der Waals surface area contributed by atoms with Crippen LogP contribution in [-0.4, -0.2) is 11.1 Å². The average Bonchev–Trinajstić information content (AvgIpc) is 2.80. The second kappa shape index (κ2) is 28.8. The molecule has 0 heterocycles. The Kier molecular flexibility index (Phi) is 29.2. The molecule has 0 aromatic heterocycles. The van der Waals surface area contributed by atoms with E-state index < -0.39 is 0 Å². The molecule has 0 aliphatic rings. The molecule has 0 radical (unpaired) electrons. The summed E-state index contributed by atoms with van der Waals surface area (Å²) in [5, 5.41) is 0. The van der Waals surface area contributed by atoms with E-state index in [1.807, 2.05) is 0 Å². The number of halogens is 2. The first-order chi connectivity index (χ1) is 16.2. The maximum Gasteiger partial charge on any atom is 0.133 e. The molecule has 2 unspecified atom stereocenters. The van der Waals surface area contributed by atoms with Crippen molar-refractivity contribution in [3.8, 4) is 0 Å². The third-order valence-corrected chi connectivity index (χ3v) is 7.51. The van der Waals surface area contributed by atoms with Gasteiger partial charge in [0.1, 0.15) is 11.1 Å². The van der Waals surface area contributed by atoms with E-state index in [4.69, 9.17) is 27.9 Å². The van der Waals surface area contributed by atoms with Crippen molar-refractivity contribution in [3.63, 3.8) is 0 Å². The summed E-state index contributed by atoms with van der Waals surface area (Å²) in [5.74, 6) is 0. The second-order valence-electron chi connectivity index (χ2n) is 10.3. The highest BCUT2D eigenvalue weighted by atomic mass is 35.5. The maximum atomic E-state index is 6.35. The number of hydrogen-bond acceptors (Lipinski definition) is 1. The van der Waals surface area contributed by atoms with E-state index in [0.717, 1.165) is 25.7 Å². The summed E-state index contributed by atoms with van der Waals surface area (Å²) >= 11 is 12.7. The van der Waals surface area contributed by atoms with Gasteiger partial charge in [-0.05, 0) is 25.7 Å². The third kappa shape index (κ3) is 28.7. The highest BCUT2D eigenvalue weighted by molar-refractivity contribution is 6.21. The Balaban J connectivity index is 3.28. The van der Waals surface area contributed by atoms with Crippen molar-refractivity contribution in [3.05, 3.63) is 0 Å². The Morgan fingerprint density at radius 2 is 0.576 bits per heavy atom. The van der Waals surface area contributed by atoms with Crippen LogP contribution in [0.25, 0.3) is 0 Å². The maximum absolute atomic E-state index is 6.35. The zero-order chi connectivity index (χ0) is 24.2. The number of unbranched alkanes of at least 4 members (excludes halogenated alkanes) is 22. The normalized spacial score (nSPS) is 13.5. The van der Waals surface area contributed by atoms with Crippen LogP contribution in [0.5, 0.6) is 0 Å². The van der Waals surface area contributed by atoms with E-state index in [-0.39, 0.29) is 11.1 Å². The molecule has 2 atom stereocenters. The Morgan fingerprint density at radius 1 is 0.364 bits per heavy atom. The summed E-state index contributed by atoms with van der Waals surface area (Å²) in [6, 6.07) is 0. The summed E-state index contributed by atoms with van der Waals surface area (Å²) in [5.41, 5.74) is -0.430. The van der Waals surface area contributed by atoms with Crippen LogP contribution in [0.3, 0.4) is 0 Å². The van der Waals surface area contributed by atoms with Gasteiger partial charge in [0.05, 0.1) is 0 Å². The average molecular weight is 508 g/mol. The topological polar surface area (TPSA) is 9.23 Å². The molecule has 0 aliphatic carbocycles. The first-order valence-electron chi connectivity index (χ1n) is 15.1. The number of ether oxygens (including phenoxy) is 1. The molecule has 0 spiro atoms. The van der Waals surface area contributed by atoms with Gasteiger partial charge in [0, 0.05) is 0 Å². The number of rotatable bonds is 28. The van der Waals surface area contributed by atoms with Gasteiger partial charge in [-0.2, -0.15) is 0 Å². The molecule has 0 rings (SSSR count). The fourth-order valence-electron chi connectivity index (χ4n) is 4.59. The van der Waals surface area contributed by atoms with E-state index in [0.29, 0.717) is 0 Å². The molecule has 0 aliphatic heterocycles. The van der Waals surface area contributed by atoms with Crippen LogP contribution in [-0.2, 0) is 4.74 Å². The van der Waals surface area contributed by atoms with E-state index >= 15 is 0 Å². The van der Waals surface area contributed by atoms with Crippen LogP contribution in [0, 0.1) is 0 Å². The summed E-state index contributed by atoms with van der Waals surface area (Å²) in [4.78, 5) is 0. The van der Waals surface area contributed by atoms with Gasteiger partial charge >= 0.3 is 0 Å². The lowest BCUT2D eigenvalue weighted by atomic mass is 10.0. The smallest absolute Gasteiger partial charge is 0.133 e. The van der Waals surface area contributed by atoms with E-state index in [2.05, 4.69) is 13.8 Å². The van der Waals surface area contributed by atoms with Gasteiger partial charge in [0.25, 0.3) is 0 Å². The minimum atomic E-state index is -0.215. The lowest BCUT2D eigenvalue weighted by Crippen LogP contribution is -2.13. The molecule has 0 bridgehead atoms. The summed E-state index contributed by atoms with van der Waals surface area (Å²) in [6.07, 6.45) is 34.8. The van der Waals surface area contributed by atoms with Crippen LogP contribution in [0.15, 0.2) is 0 Å². The molecule has 0 aromatic rings. The zero-order valence-electron chi connectivity index (χ0n) is 22.7. The Bertz CT molecular complexity index is 318.